The predicted molar refractivity (Wildman–Crippen MR) is 111 cm³/mol. The van der Waals surface area contributed by atoms with Crippen molar-refractivity contribution in [3.63, 3.8) is 0 Å². The maximum atomic E-state index is 13.8. The average molecular weight is 416 g/mol. The van der Waals surface area contributed by atoms with E-state index in [1.807, 2.05) is 31.3 Å². The predicted octanol–water partition coefficient (Wildman–Crippen LogP) is 3.14. The van der Waals surface area contributed by atoms with Gasteiger partial charge in [0.15, 0.2) is 0 Å². The number of ether oxygens (including phenoxy) is 1. The number of carbonyl (C=O) groups excluding carboxylic acids is 1. The SMILES string of the molecule is COc1ccc(C2C(CNC(=O)c3cc(F)cc([N+](=O)[O-])c3N)CCCN2C)cc1. The Bertz CT molecular complexity index is 935. The number of nitro benzene ring substituents is 1. The van der Waals surface area contributed by atoms with E-state index in [2.05, 4.69) is 10.2 Å². The van der Waals surface area contributed by atoms with E-state index in [1.54, 1.807) is 7.11 Å². The van der Waals surface area contributed by atoms with Crippen molar-refractivity contribution in [3.8, 4) is 5.75 Å². The van der Waals surface area contributed by atoms with Crippen molar-refractivity contribution in [1.82, 2.24) is 10.2 Å². The van der Waals surface area contributed by atoms with E-state index in [1.165, 1.54) is 0 Å². The van der Waals surface area contributed by atoms with Crippen LogP contribution in [0.25, 0.3) is 0 Å². The summed E-state index contributed by atoms with van der Waals surface area (Å²) in [6, 6.07) is 9.54. The highest BCUT2D eigenvalue weighted by Gasteiger charge is 2.31. The number of piperidine rings is 1. The summed E-state index contributed by atoms with van der Waals surface area (Å²) < 4.78 is 19.0. The fraction of sp³-hybridized carbons (Fsp3) is 0.381. The molecule has 0 bridgehead atoms. The third-order valence-electron chi connectivity index (χ3n) is 5.55. The molecular formula is C21H25FN4O4. The second-order valence-corrected chi connectivity index (χ2v) is 7.45. The Labute approximate surface area is 174 Å². The maximum Gasteiger partial charge on any atom is 0.295 e. The fourth-order valence-corrected chi connectivity index (χ4v) is 4.06. The lowest BCUT2D eigenvalue weighted by Gasteiger charge is -2.39. The van der Waals surface area contributed by atoms with Crippen LogP contribution in [0.3, 0.4) is 0 Å². The molecule has 2 atom stereocenters. The van der Waals surface area contributed by atoms with Gasteiger partial charge in [0.25, 0.3) is 11.6 Å². The summed E-state index contributed by atoms with van der Waals surface area (Å²) in [4.78, 5) is 25.1. The molecule has 0 aliphatic carbocycles. The van der Waals surface area contributed by atoms with Gasteiger partial charge in [-0.2, -0.15) is 0 Å². The minimum absolute atomic E-state index is 0.0872. The zero-order valence-electron chi connectivity index (χ0n) is 16.9. The fourth-order valence-electron chi connectivity index (χ4n) is 4.06. The van der Waals surface area contributed by atoms with Crippen LogP contribution in [0, 0.1) is 21.8 Å². The van der Waals surface area contributed by atoms with E-state index in [9.17, 15) is 19.3 Å². The van der Waals surface area contributed by atoms with Crippen molar-refractivity contribution in [3.05, 3.63) is 63.5 Å². The summed E-state index contributed by atoms with van der Waals surface area (Å²) >= 11 is 0. The number of nitrogen functional groups attached to an aromatic ring is 1. The summed E-state index contributed by atoms with van der Waals surface area (Å²) in [5.41, 5.74) is 5.66. The van der Waals surface area contributed by atoms with Crippen molar-refractivity contribution < 1.29 is 18.8 Å². The molecule has 1 fully saturated rings. The number of hydrogen-bond donors (Lipinski definition) is 2. The van der Waals surface area contributed by atoms with Crippen LogP contribution in [0.5, 0.6) is 5.75 Å². The zero-order valence-corrected chi connectivity index (χ0v) is 16.9. The van der Waals surface area contributed by atoms with Crippen LogP contribution in [-0.4, -0.2) is 43.0 Å². The van der Waals surface area contributed by atoms with Crippen LogP contribution >= 0.6 is 0 Å². The average Bonchev–Trinajstić information content (AvgIpc) is 2.73. The molecule has 3 rings (SSSR count). The summed E-state index contributed by atoms with van der Waals surface area (Å²) in [5.74, 6) is -0.623. The Balaban J connectivity index is 1.77. The lowest BCUT2D eigenvalue weighted by Crippen LogP contribution is -2.41. The van der Waals surface area contributed by atoms with Gasteiger partial charge in [0.2, 0.25) is 0 Å². The number of nitro groups is 1. The van der Waals surface area contributed by atoms with E-state index in [-0.39, 0.29) is 23.2 Å². The topological polar surface area (TPSA) is 111 Å². The Morgan fingerprint density at radius 3 is 2.70 bits per heavy atom. The Hall–Kier alpha value is -3.20. The van der Waals surface area contributed by atoms with Crippen molar-refractivity contribution in [2.24, 2.45) is 5.92 Å². The zero-order chi connectivity index (χ0) is 21.8. The molecule has 30 heavy (non-hydrogen) atoms. The molecule has 0 aromatic heterocycles. The molecule has 8 nitrogen and oxygen atoms in total. The van der Waals surface area contributed by atoms with Gasteiger partial charge in [-0.15, -0.1) is 0 Å². The van der Waals surface area contributed by atoms with Gasteiger partial charge in [-0.05, 0) is 56.1 Å². The molecule has 0 radical (unpaired) electrons. The number of anilines is 1. The normalized spacial score (nSPS) is 19.3. The number of hydrogen-bond acceptors (Lipinski definition) is 6. The number of carbonyl (C=O) groups is 1. The van der Waals surface area contributed by atoms with Gasteiger partial charge in [0.05, 0.1) is 23.7 Å². The van der Waals surface area contributed by atoms with Crippen LogP contribution in [0.15, 0.2) is 36.4 Å². The van der Waals surface area contributed by atoms with Gasteiger partial charge in [-0.1, -0.05) is 12.1 Å². The van der Waals surface area contributed by atoms with Crippen LogP contribution in [-0.2, 0) is 0 Å². The quantitative estimate of drug-likeness (QED) is 0.425. The van der Waals surface area contributed by atoms with Gasteiger partial charge in [0, 0.05) is 12.6 Å². The van der Waals surface area contributed by atoms with E-state index in [4.69, 9.17) is 10.5 Å². The lowest BCUT2D eigenvalue weighted by molar-refractivity contribution is -0.384. The van der Waals surface area contributed by atoms with E-state index < -0.39 is 22.3 Å². The molecule has 0 spiro atoms. The molecule has 1 saturated heterocycles. The number of rotatable bonds is 6. The van der Waals surface area contributed by atoms with Gasteiger partial charge in [-0.25, -0.2) is 4.39 Å². The van der Waals surface area contributed by atoms with Crippen LogP contribution < -0.4 is 15.8 Å². The summed E-state index contributed by atoms with van der Waals surface area (Å²) in [6.45, 7) is 1.27. The molecule has 160 valence electrons. The summed E-state index contributed by atoms with van der Waals surface area (Å²) in [7, 11) is 3.65. The maximum absolute atomic E-state index is 13.8. The summed E-state index contributed by atoms with van der Waals surface area (Å²) in [6.07, 6.45) is 1.89. The first-order valence-electron chi connectivity index (χ1n) is 9.67. The highest BCUT2D eigenvalue weighted by Crippen LogP contribution is 2.35. The van der Waals surface area contributed by atoms with Gasteiger partial charge >= 0.3 is 0 Å². The Morgan fingerprint density at radius 1 is 1.37 bits per heavy atom. The molecule has 2 unspecified atom stereocenters. The molecule has 1 heterocycles. The first-order chi connectivity index (χ1) is 14.3. The van der Waals surface area contributed by atoms with Crippen LogP contribution in [0.2, 0.25) is 0 Å². The standard InChI is InChI=1S/C21H25FN4O4/c1-25-9-3-4-14(20(25)13-5-7-16(30-2)8-6-13)12-24-21(27)17-10-15(22)11-18(19(17)23)26(28)29/h5-8,10-11,14,20H,3-4,9,12,23H2,1-2H3,(H,24,27). The molecule has 0 saturated carbocycles. The third-order valence-corrected chi connectivity index (χ3v) is 5.55. The second-order valence-electron chi connectivity index (χ2n) is 7.45. The molecule has 9 heteroatoms. The van der Waals surface area contributed by atoms with Crippen molar-refractivity contribution in [2.45, 2.75) is 18.9 Å². The second kappa shape index (κ2) is 9.08. The Morgan fingerprint density at radius 2 is 2.07 bits per heavy atom. The van der Waals surface area contributed by atoms with Gasteiger partial charge < -0.3 is 15.8 Å². The number of benzene rings is 2. The van der Waals surface area contributed by atoms with Gasteiger partial charge in [-0.3, -0.25) is 19.8 Å². The van der Waals surface area contributed by atoms with Crippen LogP contribution in [0.4, 0.5) is 15.8 Å². The first-order valence-corrected chi connectivity index (χ1v) is 9.67. The van der Waals surface area contributed by atoms with E-state index >= 15 is 0 Å². The van der Waals surface area contributed by atoms with Crippen molar-refractivity contribution >= 4 is 17.3 Å². The molecule has 3 N–H and O–H groups in total. The molecule has 2 aromatic rings. The molecule has 1 amide bonds. The lowest BCUT2D eigenvalue weighted by atomic mass is 9.84. The summed E-state index contributed by atoms with van der Waals surface area (Å²) in [5, 5.41) is 13.8. The van der Waals surface area contributed by atoms with Crippen LogP contribution in [0.1, 0.15) is 34.8 Å². The number of nitrogens with one attached hydrogen (secondary N) is 1. The number of likely N-dealkylation sites (tertiary alicyclic amines) is 1. The monoisotopic (exact) mass is 416 g/mol. The number of amides is 1. The Kier molecular flexibility index (Phi) is 6.51. The van der Waals surface area contributed by atoms with Crippen molar-refractivity contribution in [1.29, 1.82) is 0 Å². The number of nitrogens with zero attached hydrogens (tertiary/aromatic N) is 2. The largest absolute Gasteiger partial charge is 0.497 e. The van der Waals surface area contributed by atoms with E-state index in [0.717, 1.165) is 36.8 Å². The molecule has 2 aromatic carbocycles. The third kappa shape index (κ3) is 4.51. The molecule has 1 aliphatic heterocycles. The molecule has 1 aliphatic rings. The molecular weight excluding hydrogens is 391 g/mol. The highest BCUT2D eigenvalue weighted by molar-refractivity contribution is 6.01. The minimum atomic E-state index is -0.880. The minimum Gasteiger partial charge on any atom is -0.497 e. The van der Waals surface area contributed by atoms with E-state index in [0.29, 0.717) is 12.6 Å². The van der Waals surface area contributed by atoms with Crippen molar-refractivity contribution in [2.75, 3.05) is 33.0 Å². The number of nitrogens with two attached hydrogens (primary N) is 1. The highest BCUT2D eigenvalue weighted by atomic mass is 19.1. The number of methoxy groups -OCH3 is 1. The first kappa shape index (κ1) is 21.5. The number of halogens is 1. The smallest absolute Gasteiger partial charge is 0.295 e. The van der Waals surface area contributed by atoms with Gasteiger partial charge in [0.1, 0.15) is 17.3 Å².